The van der Waals surface area contributed by atoms with Gasteiger partial charge in [0.25, 0.3) is 11.8 Å². The van der Waals surface area contributed by atoms with Crippen LogP contribution < -0.4 is 25.0 Å². The van der Waals surface area contributed by atoms with E-state index >= 15 is 0 Å². The molecule has 170 valence electrons. The number of nitrogens with zero attached hydrogens (tertiary/aromatic N) is 1. The fourth-order valence-corrected chi connectivity index (χ4v) is 2.37. The zero-order chi connectivity index (χ0) is 23.3. The van der Waals surface area contributed by atoms with Gasteiger partial charge in [-0.2, -0.15) is 5.10 Å². The average molecular weight is 443 g/mol. The predicted octanol–water partition coefficient (Wildman–Crippen LogP) is 2.26. The maximum absolute atomic E-state index is 12.1. The first kappa shape index (κ1) is 24.2. The highest BCUT2D eigenvalue weighted by atomic mass is 16.7. The molecule has 0 aliphatic rings. The Labute approximate surface area is 185 Å². The fourth-order valence-electron chi connectivity index (χ4n) is 2.37. The Morgan fingerprint density at radius 1 is 1.09 bits per heavy atom. The molecule has 2 aromatic carbocycles. The van der Waals surface area contributed by atoms with E-state index in [-0.39, 0.29) is 24.7 Å². The van der Waals surface area contributed by atoms with Gasteiger partial charge in [-0.25, -0.2) is 10.2 Å². The number of methoxy groups -OCH3 is 1. The number of hydrazone groups is 1. The van der Waals surface area contributed by atoms with Crippen molar-refractivity contribution in [2.75, 3.05) is 20.3 Å². The molecule has 2 aromatic rings. The van der Waals surface area contributed by atoms with Crippen LogP contribution in [-0.2, 0) is 14.3 Å². The van der Waals surface area contributed by atoms with E-state index in [4.69, 9.17) is 18.9 Å². The lowest BCUT2D eigenvalue weighted by Crippen LogP contribution is -2.45. The van der Waals surface area contributed by atoms with Crippen molar-refractivity contribution < 1.29 is 33.3 Å². The summed E-state index contributed by atoms with van der Waals surface area (Å²) >= 11 is 0. The van der Waals surface area contributed by atoms with E-state index < -0.39 is 24.0 Å². The van der Waals surface area contributed by atoms with Crippen molar-refractivity contribution in [2.24, 2.45) is 5.10 Å². The Kier molecular flexibility index (Phi) is 9.51. The van der Waals surface area contributed by atoms with Crippen LogP contribution in [0.4, 0.5) is 4.79 Å². The third kappa shape index (κ3) is 7.98. The Bertz CT molecular complexity index is 948. The fraction of sp³-hybridized carbons (Fsp3) is 0.273. The third-order valence-corrected chi connectivity index (χ3v) is 3.92. The molecule has 32 heavy (non-hydrogen) atoms. The molecule has 0 fully saturated rings. The first-order valence-electron chi connectivity index (χ1n) is 9.75. The standard InChI is InChI=1S/C22H25N3O7/c1-4-30-22(28)32-18-11-10-16(12-19(18)29-3)13-23-25-21(27)15(2)24-20(26)14-31-17-8-6-5-7-9-17/h5-13,15H,4,14H2,1-3H3,(H,24,26)(H,25,27)/b23-13-/t15-/m1/s1. The van der Waals surface area contributed by atoms with Gasteiger partial charge in [0.1, 0.15) is 11.8 Å². The number of para-hydroxylation sites is 1. The molecule has 10 nitrogen and oxygen atoms in total. The molecule has 0 saturated heterocycles. The average Bonchev–Trinajstić information content (AvgIpc) is 2.79. The van der Waals surface area contributed by atoms with Crippen molar-refractivity contribution in [3.63, 3.8) is 0 Å². The molecule has 0 aliphatic carbocycles. The van der Waals surface area contributed by atoms with E-state index in [0.717, 1.165) is 0 Å². The van der Waals surface area contributed by atoms with Gasteiger partial charge in [-0.15, -0.1) is 0 Å². The van der Waals surface area contributed by atoms with Gasteiger partial charge >= 0.3 is 6.16 Å². The lowest BCUT2D eigenvalue weighted by Gasteiger charge is -2.12. The van der Waals surface area contributed by atoms with Crippen molar-refractivity contribution in [1.29, 1.82) is 0 Å². The zero-order valence-electron chi connectivity index (χ0n) is 18.0. The molecule has 0 bridgehead atoms. The second-order valence-electron chi connectivity index (χ2n) is 6.32. The van der Waals surface area contributed by atoms with Crippen LogP contribution in [0.3, 0.4) is 0 Å². The lowest BCUT2D eigenvalue weighted by atomic mass is 10.2. The summed E-state index contributed by atoms with van der Waals surface area (Å²) in [6, 6.07) is 12.7. The number of carbonyl (C=O) groups is 3. The number of benzene rings is 2. The third-order valence-electron chi connectivity index (χ3n) is 3.92. The molecule has 2 N–H and O–H groups in total. The van der Waals surface area contributed by atoms with Crippen LogP contribution in [0.1, 0.15) is 19.4 Å². The summed E-state index contributed by atoms with van der Waals surface area (Å²) in [7, 11) is 1.42. The number of nitrogens with one attached hydrogen (secondary N) is 2. The highest BCUT2D eigenvalue weighted by Crippen LogP contribution is 2.27. The molecule has 0 aliphatic heterocycles. The number of rotatable bonds is 10. The summed E-state index contributed by atoms with van der Waals surface area (Å²) in [5.41, 5.74) is 2.92. The topological polar surface area (TPSA) is 125 Å². The van der Waals surface area contributed by atoms with Gasteiger partial charge in [0.15, 0.2) is 18.1 Å². The van der Waals surface area contributed by atoms with E-state index in [2.05, 4.69) is 15.8 Å². The maximum atomic E-state index is 12.1. The van der Waals surface area contributed by atoms with Crippen LogP contribution >= 0.6 is 0 Å². The molecular weight excluding hydrogens is 418 g/mol. The first-order valence-corrected chi connectivity index (χ1v) is 9.75. The van der Waals surface area contributed by atoms with Crippen LogP contribution in [0.5, 0.6) is 17.2 Å². The maximum Gasteiger partial charge on any atom is 0.513 e. The van der Waals surface area contributed by atoms with Crippen molar-refractivity contribution in [1.82, 2.24) is 10.7 Å². The van der Waals surface area contributed by atoms with Crippen molar-refractivity contribution in [2.45, 2.75) is 19.9 Å². The molecule has 1 atom stereocenters. The first-order chi connectivity index (χ1) is 15.4. The quantitative estimate of drug-likeness (QED) is 0.250. The largest absolute Gasteiger partial charge is 0.513 e. The second kappa shape index (κ2) is 12.6. The Morgan fingerprint density at radius 2 is 1.84 bits per heavy atom. The minimum absolute atomic E-state index is 0.182. The van der Waals surface area contributed by atoms with Crippen LogP contribution in [0.15, 0.2) is 53.6 Å². The number of hydrogen-bond donors (Lipinski definition) is 2. The van der Waals surface area contributed by atoms with Crippen molar-refractivity contribution in [3.05, 3.63) is 54.1 Å². The van der Waals surface area contributed by atoms with E-state index in [1.54, 1.807) is 43.3 Å². The monoisotopic (exact) mass is 443 g/mol. The van der Waals surface area contributed by atoms with E-state index in [9.17, 15) is 14.4 Å². The number of ether oxygens (including phenoxy) is 4. The normalized spacial score (nSPS) is 11.3. The molecule has 10 heteroatoms. The van der Waals surface area contributed by atoms with Crippen LogP contribution in [0.25, 0.3) is 0 Å². The summed E-state index contributed by atoms with van der Waals surface area (Å²) in [6.45, 7) is 3.16. The number of hydrogen-bond acceptors (Lipinski definition) is 8. The lowest BCUT2D eigenvalue weighted by molar-refractivity contribution is -0.129. The van der Waals surface area contributed by atoms with E-state index in [1.165, 1.54) is 26.3 Å². The molecular formula is C22H25N3O7. The van der Waals surface area contributed by atoms with Crippen LogP contribution in [0, 0.1) is 0 Å². The summed E-state index contributed by atoms with van der Waals surface area (Å²) in [4.78, 5) is 35.5. The van der Waals surface area contributed by atoms with Gasteiger partial charge < -0.3 is 24.3 Å². The molecule has 0 heterocycles. The minimum Gasteiger partial charge on any atom is -0.493 e. The summed E-state index contributed by atoms with van der Waals surface area (Å²) in [5, 5.41) is 6.39. The highest BCUT2D eigenvalue weighted by Gasteiger charge is 2.15. The van der Waals surface area contributed by atoms with Crippen LogP contribution in [0.2, 0.25) is 0 Å². The molecule has 2 rings (SSSR count). The zero-order valence-corrected chi connectivity index (χ0v) is 18.0. The number of amides is 2. The second-order valence-corrected chi connectivity index (χ2v) is 6.32. The molecule has 0 spiro atoms. The van der Waals surface area contributed by atoms with Crippen LogP contribution in [-0.4, -0.2) is 50.5 Å². The molecule has 2 amide bonds. The van der Waals surface area contributed by atoms with Gasteiger partial charge in [-0.05, 0) is 49.7 Å². The Balaban J connectivity index is 1.83. The van der Waals surface area contributed by atoms with Gasteiger partial charge in [-0.1, -0.05) is 18.2 Å². The van der Waals surface area contributed by atoms with E-state index in [0.29, 0.717) is 11.3 Å². The number of carbonyl (C=O) groups excluding carboxylic acids is 3. The van der Waals surface area contributed by atoms with Gasteiger partial charge in [0.2, 0.25) is 0 Å². The summed E-state index contributed by atoms with van der Waals surface area (Å²) in [5.74, 6) is 0.0676. The van der Waals surface area contributed by atoms with Gasteiger partial charge in [0.05, 0.1) is 19.9 Å². The van der Waals surface area contributed by atoms with E-state index in [1.807, 2.05) is 6.07 Å². The minimum atomic E-state index is -0.843. The van der Waals surface area contributed by atoms with Crippen molar-refractivity contribution >= 4 is 24.2 Å². The van der Waals surface area contributed by atoms with Crippen molar-refractivity contribution in [3.8, 4) is 17.2 Å². The molecule has 0 radical (unpaired) electrons. The molecule has 0 unspecified atom stereocenters. The SMILES string of the molecule is CCOC(=O)Oc1ccc(/C=N\NC(=O)[C@@H](C)NC(=O)COc2ccccc2)cc1OC. The summed E-state index contributed by atoms with van der Waals surface area (Å²) < 4.78 is 20.3. The Hall–Kier alpha value is -4.08. The highest BCUT2D eigenvalue weighted by molar-refractivity contribution is 5.89. The molecule has 0 aromatic heterocycles. The summed E-state index contributed by atoms with van der Waals surface area (Å²) in [6.07, 6.45) is 0.534. The Morgan fingerprint density at radius 3 is 2.53 bits per heavy atom. The smallest absolute Gasteiger partial charge is 0.493 e. The van der Waals surface area contributed by atoms with Gasteiger partial charge in [0, 0.05) is 0 Å². The molecule has 0 saturated carbocycles. The predicted molar refractivity (Wildman–Crippen MR) is 116 cm³/mol. The van der Waals surface area contributed by atoms with Gasteiger partial charge in [-0.3, -0.25) is 9.59 Å².